The third kappa shape index (κ3) is 5.83. The fourth-order valence-corrected chi connectivity index (χ4v) is 6.15. The fraction of sp³-hybridized carbons (Fsp3) is 0.0690. The first kappa shape index (κ1) is 27.6. The summed E-state index contributed by atoms with van der Waals surface area (Å²) >= 11 is 1.28. The van der Waals surface area contributed by atoms with E-state index in [9.17, 15) is 23.3 Å². The van der Waals surface area contributed by atoms with Crippen molar-refractivity contribution < 1.29 is 18.1 Å². The largest absolute Gasteiger partial charge is 0.280 e. The van der Waals surface area contributed by atoms with Crippen molar-refractivity contribution in [3.63, 3.8) is 0 Å². The number of aryl methyl sites for hydroxylation is 1. The van der Waals surface area contributed by atoms with Crippen molar-refractivity contribution in [2.75, 3.05) is 16.4 Å². The van der Waals surface area contributed by atoms with E-state index in [1.165, 1.54) is 77.4 Å². The van der Waals surface area contributed by atoms with E-state index in [1.807, 2.05) is 25.1 Å². The van der Waals surface area contributed by atoms with Gasteiger partial charge in [-0.25, -0.2) is 13.4 Å². The first-order valence-electron chi connectivity index (χ1n) is 12.3. The summed E-state index contributed by atoms with van der Waals surface area (Å²) in [7, 11) is -2.40. The van der Waals surface area contributed by atoms with Crippen LogP contribution in [0.1, 0.15) is 21.5 Å². The normalized spacial score (nSPS) is 11.6. The molecule has 1 amide bonds. The van der Waals surface area contributed by atoms with Gasteiger partial charge in [-0.1, -0.05) is 35.6 Å². The second-order valence-corrected chi connectivity index (χ2v) is 12.0. The van der Waals surface area contributed by atoms with E-state index in [0.717, 1.165) is 15.3 Å². The third-order valence-electron chi connectivity index (χ3n) is 6.21. The SMILES string of the molecule is Cc1ccc2nc(N(/N=C/c3ccc([N+](=O)[O-])cc3)C(=O)c3ccc(S(=O)(=O)N(C)c4ccccc4)cc3)sc2c1. The lowest BCUT2D eigenvalue weighted by Gasteiger charge is -2.19. The van der Waals surface area contributed by atoms with Crippen LogP contribution in [0, 0.1) is 17.0 Å². The van der Waals surface area contributed by atoms with Gasteiger partial charge in [-0.3, -0.25) is 19.2 Å². The topological polar surface area (TPSA) is 126 Å². The molecule has 0 aliphatic heterocycles. The predicted molar refractivity (Wildman–Crippen MR) is 160 cm³/mol. The van der Waals surface area contributed by atoms with E-state index in [2.05, 4.69) is 10.1 Å². The van der Waals surface area contributed by atoms with Gasteiger partial charge >= 0.3 is 0 Å². The van der Waals surface area contributed by atoms with E-state index in [-0.39, 0.29) is 16.1 Å². The number of hydrogen-bond acceptors (Lipinski definition) is 8. The Bertz CT molecular complexity index is 1870. The van der Waals surface area contributed by atoms with E-state index >= 15 is 0 Å². The molecule has 1 aromatic heterocycles. The summed E-state index contributed by atoms with van der Waals surface area (Å²) in [6.07, 6.45) is 1.41. The Hall–Kier alpha value is -4.94. The standard InChI is InChI=1S/C29H23N5O5S2/c1-20-8-17-26-27(18-20)40-29(31-26)33(30-19-21-9-13-24(14-10-21)34(36)37)28(35)22-11-15-25(16-12-22)41(38,39)32(2)23-6-4-3-5-7-23/h3-19H,1-2H3/b30-19+. The summed E-state index contributed by atoms with van der Waals surface area (Å²) < 4.78 is 28.4. The predicted octanol–water partition coefficient (Wildman–Crippen LogP) is 6.02. The highest BCUT2D eigenvalue weighted by molar-refractivity contribution is 7.92. The van der Waals surface area contributed by atoms with E-state index in [0.29, 0.717) is 21.9 Å². The summed E-state index contributed by atoms with van der Waals surface area (Å²) in [4.78, 5) is 28.8. The molecule has 0 fully saturated rings. The lowest BCUT2D eigenvalue weighted by molar-refractivity contribution is -0.384. The van der Waals surface area contributed by atoms with Gasteiger partial charge in [-0.2, -0.15) is 10.1 Å². The minimum atomic E-state index is -3.86. The van der Waals surface area contributed by atoms with Crippen molar-refractivity contribution in [1.29, 1.82) is 0 Å². The zero-order valence-corrected chi connectivity index (χ0v) is 23.5. The molecule has 0 spiro atoms. The van der Waals surface area contributed by atoms with Crippen LogP contribution >= 0.6 is 11.3 Å². The molecule has 0 aliphatic rings. The quantitative estimate of drug-likeness (QED) is 0.125. The average Bonchev–Trinajstić information content (AvgIpc) is 3.40. The van der Waals surface area contributed by atoms with E-state index < -0.39 is 20.9 Å². The van der Waals surface area contributed by atoms with Crippen molar-refractivity contribution in [3.05, 3.63) is 124 Å². The van der Waals surface area contributed by atoms with Gasteiger partial charge < -0.3 is 0 Å². The van der Waals surface area contributed by atoms with Crippen LogP contribution in [-0.2, 0) is 10.0 Å². The van der Waals surface area contributed by atoms with Gasteiger partial charge in [0.1, 0.15) is 0 Å². The number of fused-ring (bicyclic) bond motifs is 1. The van der Waals surface area contributed by atoms with Crippen molar-refractivity contribution >= 4 is 60.2 Å². The Morgan fingerprint density at radius 3 is 2.32 bits per heavy atom. The molecule has 0 saturated heterocycles. The molecule has 4 aromatic carbocycles. The minimum Gasteiger partial charge on any atom is -0.269 e. The molecule has 10 nitrogen and oxygen atoms in total. The Morgan fingerprint density at radius 1 is 0.976 bits per heavy atom. The molecule has 1 heterocycles. The molecule has 41 heavy (non-hydrogen) atoms. The van der Waals surface area contributed by atoms with Crippen LogP contribution in [0.25, 0.3) is 10.2 Å². The lowest BCUT2D eigenvalue weighted by atomic mass is 10.2. The molecule has 0 radical (unpaired) electrons. The lowest BCUT2D eigenvalue weighted by Crippen LogP contribution is -2.27. The number of amides is 1. The number of carbonyl (C=O) groups excluding carboxylic acids is 1. The maximum Gasteiger partial charge on any atom is 0.280 e. The molecule has 0 atom stereocenters. The van der Waals surface area contributed by atoms with Gasteiger partial charge in [0, 0.05) is 24.7 Å². The van der Waals surface area contributed by atoms with Crippen LogP contribution in [0.3, 0.4) is 0 Å². The summed E-state index contributed by atoms with van der Waals surface area (Å²) in [6.45, 7) is 1.96. The molecule has 0 N–H and O–H groups in total. The second-order valence-electron chi connectivity index (χ2n) is 9.01. The van der Waals surface area contributed by atoms with Crippen molar-refractivity contribution in [2.24, 2.45) is 5.10 Å². The van der Waals surface area contributed by atoms with Crippen LogP contribution in [-0.4, -0.2) is 37.5 Å². The number of carbonyl (C=O) groups is 1. The Morgan fingerprint density at radius 2 is 1.66 bits per heavy atom. The van der Waals surface area contributed by atoms with Crippen LogP contribution in [0.4, 0.5) is 16.5 Å². The number of nitro groups is 1. The number of rotatable bonds is 8. The van der Waals surface area contributed by atoms with Gasteiger partial charge in [0.05, 0.1) is 31.9 Å². The molecule has 206 valence electrons. The number of nitrogens with zero attached hydrogens (tertiary/aromatic N) is 5. The Balaban J connectivity index is 1.48. The number of aromatic nitrogens is 1. The minimum absolute atomic E-state index is 0.0248. The molecule has 12 heteroatoms. The van der Waals surface area contributed by atoms with Crippen molar-refractivity contribution in [1.82, 2.24) is 4.98 Å². The Kier molecular flexibility index (Phi) is 7.60. The number of non-ortho nitro benzene ring substituents is 1. The van der Waals surface area contributed by atoms with Gasteiger partial charge in [0.2, 0.25) is 5.13 Å². The number of nitro benzene ring substituents is 1. The van der Waals surface area contributed by atoms with Gasteiger partial charge in [0.15, 0.2) is 0 Å². The van der Waals surface area contributed by atoms with Crippen LogP contribution in [0.5, 0.6) is 0 Å². The summed E-state index contributed by atoms with van der Waals surface area (Å²) in [5.41, 5.74) is 2.91. The van der Waals surface area contributed by atoms with Gasteiger partial charge in [-0.05, 0) is 78.7 Å². The molecule has 0 aliphatic carbocycles. The number of para-hydroxylation sites is 1. The number of hydrogen-bond donors (Lipinski definition) is 0. The fourth-order valence-electron chi connectivity index (χ4n) is 3.93. The highest BCUT2D eigenvalue weighted by atomic mass is 32.2. The van der Waals surface area contributed by atoms with E-state index in [4.69, 9.17) is 0 Å². The molecule has 0 unspecified atom stereocenters. The molecule has 0 bridgehead atoms. The monoisotopic (exact) mass is 585 g/mol. The van der Waals surface area contributed by atoms with E-state index in [1.54, 1.807) is 30.3 Å². The number of thiazole rings is 1. The number of sulfonamides is 1. The zero-order valence-electron chi connectivity index (χ0n) is 21.9. The average molecular weight is 586 g/mol. The molecule has 5 rings (SSSR count). The first-order valence-corrected chi connectivity index (χ1v) is 14.5. The maximum absolute atomic E-state index is 13.7. The van der Waals surface area contributed by atoms with Gasteiger partial charge in [0.25, 0.3) is 21.6 Å². The number of benzene rings is 4. The van der Waals surface area contributed by atoms with Crippen molar-refractivity contribution in [3.8, 4) is 0 Å². The second kappa shape index (κ2) is 11.3. The molecular formula is C29H23N5O5S2. The maximum atomic E-state index is 13.7. The molecule has 0 saturated carbocycles. The van der Waals surface area contributed by atoms with Crippen LogP contribution < -0.4 is 9.31 Å². The Labute approximate surface area is 240 Å². The van der Waals surface area contributed by atoms with Crippen LogP contribution in [0.15, 0.2) is 107 Å². The molecule has 5 aromatic rings. The van der Waals surface area contributed by atoms with Crippen molar-refractivity contribution in [2.45, 2.75) is 11.8 Å². The highest BCUT2D eigenvalue weighted by Crippen LogP contribution is 2.31. The third-order valence-corrected chi connectivity index (χ3v) is 9.01. The number of hydrazone groups is 1. The first-order chi connectivity index (χ1) is 19.6. The molecular weight excluding hydrogens is 562 g/mol. The highest BCUT2D eigenvalue weighted by Gasteiger charge is 2.24. The summed E-state index contributed by atoms with van der Waals surface area (Å²) in [5.74, 6) is -0.528. The number of anilines is 2. The smallest absolute Gasteiger partial charge is 0.269 e. The summed E-state index contributed by atoms with van der Waals surface area (Å²) in [6, 6.07) is 25.8. The van der Waals surface area contributed by atoms with Crippen LogP contribution in [0.2, 0.25) is 0 Å². The summed E-state index contributed by atoms with van der Waals surface area (Å²) in [5, 5.41) is 16.8. The zero-order chi connectivity index (χ0) is 29.1. The van der Waals surface area contributed by atoms with Gasteiger partial charge in [-0.15, -0.1) is 0 Å².